The highest BCUT2D eigenvalue weighted by Crippen LogP contribution is 2.22. The van der Waals surface area contributed by atoms with Gasteiger partial charge >= 0.3 is 0 Å². The Morgan fingerprint density at radius 2 is 2.17 bits per heavy atom. The van der Waals surface area contributed by atoms with Crippen molar-refractivity contribution in [3.63, 3.8) is 0 Å². The molecule has 2 rings (SSSR count). The van der Waals surface area contributed by atoms with Gasteiger partial charge in [0.15, 0.2) is 0 Å². The minimum absolute atomic E-state index is 0.382. The molecular weight excluding hydrogens is 264 g/mol. The van der Waals surface area contributed by atoms with Gasteiger partial charge in [-0.25, -0.2) is 0 Å². The molecule has 1 heterocycles. The third kappa shape index (κ3) is 3.37. The molecular formula is C13H18N2OS2. The average Bonchev–Trinajstić information content (AvgIpc) is 2.39. The van der Waals surface area contributed by atoms with Crippen molar-refractivity contribution in [3.8, 4) is 5.75 Å². The van der Waals surface area contributed by atoms with Crippen LogP contribution in [0.3, 0.4) is 0 Å². The Kier molecular flexibility index (Phi) is 4.86. The van der Waals surface area contributed by atoms with Gasteiger partial charge in [-0.05, 0) is 17.7 Å². The fourth-order valence-corrected chi connectivity index (χ4v) is 3.20. The lowest BCUT2D eigenvalue weighted by Gasteiger charge is -2.26. The van der Waals surface area contributed by atoms with Crippen LogP contribution in [0.15, 0.2) is 18.2 Å². The van der Waals surface area contributed by atoms with E-state index in [9.17, 15) is 0 Å². The van der Waals surface area contributed by atoms with E-state index in [0.717, 1.165) is 30.9 Å². The quantitative estimate of drug-likeness (QED) is 0.854. The Labute approximate surface area is 118 Å². The molecule has 0 unspecified atom stereocenters. The summed E-state index contributed by atoms with van der Waals surface area (Å²) in [4.78, 5) is 2.85. The number of nitrogens with two attached hydrogens (primary N) is 1. The average molecular weight is 282 g/mol. The van der Waals surface area contributed by atoms with Crippen LogP contribution in [0.5, 0.6) is 5.75 Å². The Hall–Kier alpha value is -0.780. The molecule has 1 aliphatic rings. The van der Waals surface area contributed by atoms with Crippen molar-refractivity contribution in [2.75, 3.05) is 31.7 Å². The van der Waals surface area contributed by atoms with Gasteiger partial charge in [0.1, 0.15) is 10.7 Å². The van der Waals surface area contributed by atoms with Crippen molar-refractivity contribution < 1.29 is 4.74 Å². The number of methoxy groups -OCH3 is 1. The van der Waals surface area contributed by atoms with Crippen molar-refractivity contribution in [3.05, 3.63) is 29.3 Å². The van der Waals surface area contributed by atoms with Gasteiger partial charge in [0.25, 0.3) is 0 Å². The number of hydrogen-bond acceptors (Lipinski definition) is 4. The van der Waals surface area contributed by atoms with Crippen LogP contribution in [0.2, 0.25) is 0 Å². The highest BCUT2D eigenvalue weighted by Gasteiger charge is 2.12. The van der Waals surface area contributed by atoms with Crippen molar-refractivity contribution >= 4 is 29.0 Å². The second-order valence-corrected chi connectivity index (χ2v) is 5.95. The normalized spacial score (nSPS) is 16.5. The molecule has 0 aromatic heterocycles. The van der Waals surface area contributed by atoms with Crippen LogP contribution in [0.25, 0.3) is 0 Å². The zero-order valence-corrected chi connectivity index (χ0v) is 12.1. The zero-order valence-electron chi connectivity index (χ0n) is 10.5. The molecule has 5 heteroatoms. The van der Waals surface area contributed by atoms with Crippen molar-refractivity contribution in [1.29, 1.82) is 0 Å². The van der Waals surface area contributed by atoms with Crippen molar-refractivity contribution in [2.45, 2.75) is 6.54 Å². The van der Waals surface area contributed by atoms with Gasteiger partial charge in [-0.15, -0.1) is 0 Å². The van der Waals surface area contributed by atoms with E-state index in [1.54, 1.807) is 7.11 Å². The summed E-state index contributed by atoms with van der Waals surface area (Å²) in [5.74, 6) is 3.22. The van der Waals surface area contributed by atoms with Gasteiger partial charge in [-0.2, -0.15) is 11.8 Å². The number of rotatable bonds is 4. The Morgan fingerprint density at radius 1 is 1.44 bits per heavy atom. The van der Waals surface area contributed by atoms with Crippen LogP contribution in [0.1, 0.15) is 11.1 Å². The lowest BCUT2D eigenvalue weighted by atomic mass is 10.1. The number of hydrogen-bond donors (Lipinski definition) is 1. The molecule has 98 valence electrons. The SMILES string of the molecule is COc1cc(CN2CCSCC2)ccc1C(N)=S. The van der Waals surface area contributed by atoms with Crippen LogP contribution in [0.4, 0.5) is 0 Å². The van der Waals surface area contributed by atoms with E-state index in [1.165, 1.54) is 17.1 Å². The molecule has 2 N–H and O–H groups in total. The van der Waals surface area contributed by atoms with Gasteiger partial charge < -0.3 is 10.5 Å². The number of ether oxygens (including phenoxy) is 1. The predicted molar refractivity (Wildman–Crippen MR) is 81.5 cm³/mol. The van der Waals surface area contributed by atoms with Crippen LogP contribution in [-0.2, 0) is 6.54 Å². The molecule has 1 saturated heterocycles. The van der Waals surface area contributed by atoms with E-state index in [-0.39, 0.29) is 0 Å². The molecule has 0 atom stereocenters. The summed E-state index contributed by atoms with van der Waals surface area (Å²) >= 11 is 7.03. The molecule has 0 bridgehead atoms. The summed E-state index contributed by atoms with van der Waals surface area (Å²) in [6.45, 7) is 3.28. The van der Waals surface area contributed by atoms with Gasteiger partial charge in [0.2, 0.25) is 0 Å². The fraction of sp³-hybridized carbons (Fsp3) is 0.462. The largest absolute Gasteiger partial charge is 0.496 e. The summed E-state index contributed by atoms with van der Waals surface area (Å²) in [7, 11) is 1.65. The minimum atomic E-state index is 0.382. The number of thiocarbonyl (C=S) groups is 1. The molecule has 18 heavy (non-hydrogen) atoms. The Morgan fingerprint density at radius 3 is 2.78 bits per heavy atom. The second-order valence-electron chi connectivity index (χ2n) is 4.29. The third-order valence-electron chi connectivity index (χ3n) is 3.04. The molecule has 1 aliphatic heterocycles. The lowest BCUT2D eigenvalue weighted by molar-refractivity contribution is 0.294. The van der Waals surface area contributed by atoms with Crippen LogP contribution in [-0.4, -0.2) is 41.6 Å². The number of benzene rings is 1. The van der Waals surface area contributed by atoms with Gasteiger partial charge in [-0.1, -0.05) is 18.3 Å². The van der Waals surface area contributed by atoms with Crippen LogP contribution < -0.4 is 10.5 Å². The molecule has 0 saturated carbocycles. The van der Waals surface area contributed by atoms with Crippen molar-refractivity contribution in [1.82, 2.24) is 4.90 Å². The standard InChI is InChI=1S/C13H18N2OS2/c1-16-12-8-10(2-3-11(12)13(14)17)9-15-4-6-18-7-5-15/h2-3,8H,4-7,9H2,1H3,(H2,14,17). The number of nitrogens with zero attached hydrogens (tertiary/aromatic N) is 1. The second kappa shape index (κ2) is 6.41. The van der Waals surface area contributed by atoms with Crippen LogP contribution in [0, 0.1) is 0 Å². The van der Waals surface area contributed by atoms with E-state index in [0.29, 0.717) is 4.99 Å². The first kappa shape index (κ1) is 13.6. The van der Waals surface area contributed by atoms with E-state index >= 15 is 0 Å². The maximum atomic E-state index is 5.66. The molecule has 0 amide bonds. The van der Waals surface area contributed by atoms with E-state index in [1.807, 2.05) is 23.9 Å². The first-order valence-electron chi connectivity index (χ1n) is 5.97. The Balaban J connectivity index is 2.11. The monoisotopic (exact) mass is 282 g/mol. The number of thioether (sulfide) groups is 1. The molecule has 1 aromatic rings. The maximum Gasteiger partial charge on any atom is 0.129 e. The predicted octanol–water partition coefficient (Wildman–Crippen LogP) is 1.88. The summed E-state index contributed by atoms with van der Waals surface area (Å²) in [5, 5.41) is 0. The fourth-order valence-electron chi connectivity index (χ4n) is 2.06. The maximum absolute atomic E-state index is 5.66. The summed E-state index contributed by atoms with van der Waals surface area (Å²) in [5.41, 5.74) is 7.72. The molecule has 3 nitrogen and oxygen atoms in total. The molecule has 0 spiro atoms. The molecule has 0 radical (unpaired) electrons. The van der Waals surface area contributed by atoms with Gasteiger partial charge in [0.05, 0.1) is 12.7 Å². The Bertz CT molecular complexity index is 431. The summed E-state index contributed by atoms with van der Waals surface area (Å²) in [6.07, 6.45) is 0. The lowest BCUT2D eigenvalue weighted by Crippen LogP contribution is -2.31. The first-order valence-corrected chi connectivity index (χ1v) is 7.54. The highest BCUT2D eigenvalue weighted by atomic mass is 32.2. The van der Waals surface area contributed by atoms with E-state index < -0.39 is 0 Å². The van der Waals surface area contributed by atoms with Gasteiger partial charge in [0, 0.05) is 31.1 Å². The zero-order chi connectivity index (χ0) is 13.0. The van der Waals surface area contributed by atoms with E-state index in [4.69, 9.17) is 22.7 Å². The first-order chi connectivity index (χ1) is 8.70. The highest BCUT2D eigenvalue weighted by molar-refractivity contribution is 7.99. The molecule has 1 fully saturated rings. The molecule has 0 aliphatic carbocycles. The van der Waals surface area contributed by atoms with Crippen molar-refractivity contribution in [2.24, 2.45) is 5.73 Å². The third-order valence-corrected chi connectivity index (χ3v) is 4.20. The van der Waals surface area contributed by atoms with Crippen LogP contribution >= 0.6 is 24.0 Å². The van der Waals surface area contributed by atoms with E-state index in [2.05, 4.69) is 11.0 Å². The van der Waals surface area contributed by atoms with Gasteiger partial charge in [-0.3, -0.25) is 4.90 Å². The summed E-state index contributed by atoms with van der Waals surface area (Å²) in [6, 6.07) is 6.07. The summed E-state index contributed by atoms with van der Waals surface area (Å²) < 4.78 is 5.35. The molecule has 1 aromatic carbocycles. The smallest absolute Gasteiger partial charge is 0.129 e. The minimum Gasteiger partial charge on any atom is -0.496 e. The topological polar surface area (TPSA) is 38.5 Å².